The fourth-order valence-electron chi connectivity index (χ4n) is 4.61. The van der Waals surface area contributed by atoms with E-state index in [-0.39, 0.29) is 35.5 Å². The van der Waals surface area contributed by atoms with Gasteiger partial charge in [0.25, 0.3) is 0 Å². The van der Waals surface area contributed by atoms with Crippen molar-refractivity contribution in [3.63, 3.8) is 0 Å². The Labute approximate surface area is 174 Å². The van der Waals surface area contributed by atoms with E-state index in [2.05, 4.69) is 41.6 Å². The number of guanidine groups is 1. The molecule has 2 N–H and O–H groups in total. The molecule has 4 unspecified atom stereocenters. The first kappa shape index (κ1) is 21.8. The molecule has 0 aromatic heterocycles. The van der Waals surface area contributed by atoms with Crippen LogP contribution in [-0.2, 0) is 14.3 Å². The lowest BCUT2D eigenvalue weighted by atomic mass is 9.85. The van der Waals surface area contributed by atoms with Crippen molar-refractivity contribution in [2.45, 2.75) is 40.0 Å². The summed E-state index contributed by atoms with van der Waals surface area (Å²) in [4.78, 5) is 31.4. The van der Waals surface area contributed by atoms with E-state index >= 15 is 0 Å². The number of carbonyl (C=O) groups is 2. The SMILES string of the molecule is CCNC(=NCCCN1C(=O)C2C3C=CC(C3)C2C1=O)NCCOCCC(C)C. The number of amides is 2. The number of ether oxygens (including phenoxy) is 1. The third kappa shape index (κ3) is 5.18. The number of carbonyl (C=O) groups excluding carboxylic acids is 2. The molecule has 3 aliphatic rings. The van der Waals surface area contributed by atoms with E-state index in [9.17, 15) is 9.59 Å². The summed E-state index contributed by atoms with van der Waals surface area (Å²) in [7, 11) is 0. The number of likely N-dealkylation sites (tertiary alicyclic amines) is 1. The highest BCUT2D eigenvalue weighted by Crippen LogP contribution is 2.52. The minimum absolute atomic E-state index is 0.0319. The van der Waals surface area contributed by atoms with E-state index in [1.807, 2.05) is 6.92 Å². The van der Waals surface area contributed by atoms with Gasteiger partial charge in [0.05, 0.1) is 18.4 Å². The predicted molar refractivity (Wildman–Crippen MR) is 113 cm³/mol. The Morgan fingerprint density at radius 3 is 2.48 bits per heavy atom. The molecule has 2 aliphatic carbocycles. The molecule has 3 rings (SSSR count). The van der Waals surface area contributed by atoms with Crippen LogP contribution in [0.5, 0.6) is 0 Å². The fourth-order valence-corrected chi connectivity index (χ4v) is 4.61. The summed E-state index contributed by atoms with van der Waals surface area (Å²) in [6, 6.07) is 0. The van der Waals surface area contributed by atoms with Gasteiger partial charge >= 0.3 is 0 Å². The molecule has 0 radical (unpaired) electrons. The largest absolute Gasteiger partial charge is 0.380 e. The molecule has 29 heavy (non-hydrogen) atoms. The number of aliphatic imine (C=N–C) groups is 1. The highest BCUT2D eigenvalue weighted by atomic mass is 16.5. The molecular weight excluding hydrogens is 368 g/mol. The summed E-state index contributed by atoms with van der Waals surface area (Å²) >= 11 is 0. The highest BCUT2D eigenvalue weighted by molar-refractivity contribution is 6.06. The van der Waals surface area contributed by atoms with Gasteiger partial charge in [-0.1, -0.05) is 26.0 Å². The second-order valence-corrected chi connectivity index (χ2v) is 8.66. The van der Waals surface area contributed by atoms with E-state index < -0.39 is 0 Å². The molecule has 1 aliphatic heterocycles. The summed E-state index contributed by atoms with van der Waals surface area (Å²) in [6.07, 6.45) is 6.99. The molecule has 0 spiro atoms. The molecular formula is C22H36N4O3. The maximum atomic E-state index is 12.7. The minimum atomic E-state index is -0.101. The number of hydrogen-bond acceptors (Lipinski definition) is 4. The van der Waals surface area contributed by atoms with Crippen LogP contribution in [0.15, 0.2) is 17.1 Å². The van der Waals surface area contributed by atoms with Gasteiger partial charge in [-0.2, -0.15) is 0 Å². The van der Waals surface area contributed by atoms with E-state index in [1.165, 1.54) is 4.90 Å². The monoisotopic (exact) mass is 404 g/mol. The number of fused-ring (bicyclic) bond motifs is 5. The fraction of sp³-hybridized carbons (Fsp3) is 0.773. The van der Waals surface area contributed by atoms with Crippen LogP contribution in [0.1, 0.15) is 40.0 Å². The highest BCUT2D eigenvalue weighted by Gasteiger charge is 2.58. The van der Waals surface area contributed by atoms with Gasteiger partial charge in [-0.15, -0.1) is 0 Å². The first-order valence-electron chi connectivity index (χ1n) is 11.2. The van der Waals surface area contributed by atoms with Crippen molar-refractivity contribution in [2.75, 3.05) is 39.4 Å². The number of allylic oxidation sites excluding steroid dienone is 2. The lowest BCUT2D eigenvalue weighted by Crippen LogP contribution is -2.39. The van der Waals surface area contributed by atoms with E-state index in [4.69, 9.17) is 4.74 Å². The van der Waals surface area contributed by atoms with Gasteiger partial charge in [-0.3, -0.25) is 19.5 Å². The van der Waals surface area contributed by atoms with Gasteiger partial charge in [-0.25, -0.2) is 0 Å². The Bertz CT molecular complexity index is 616. The molecule has 1 heterocycles. The zero-order valence-corrected chi connectivity index (χ0v) is 18.0. The van der Waals surface area contributed by atoms with Crippen molar-refractivity contribution in [1.82, 2.24) is 15.5 Å². The molecule has 0 aromatic carbocycles. The quantitative estimate of drug-likeness (QED) is 0.180. The van der Waals surface area contributed by atoms with Gasteiger partial charge in [0, 0.05) is 32.8 Å². The number of rotatable bonds is 11. The lowest BCUT2D eigenvalue weighted by molar-refractivity contribution is -0.140. The zero-order chi connectivity index (χ0) is 20.8. The van der Waals surface area contributed by atoms with Crippen LogP contribution >= 0.6 is 0 Å². The normalized spacial score (nSPS) is 28.0. The topological polar surface area (TPSA) is 83.0 Å². The maximum absolute atomic E-state index is 12.7. The molecule has 7 nitrogen and oxygen atoms in total. The van der Waals surface area contributed by atoms with Crippen LogP contribution < -0.4 is 10.6 Å². The first-order valence-corrected chi connectivity index (χ1v) is 11.2. The summed E-state index contributed by atoms with van der Waals surface area (Å²) in [5.74, 6) is 1.81. The summed E-state index contributed by atoms with van der Waals surface area (Å²) in [5.41, 5.74) is 0. The molecule has 2 fully saturated rings. The Hall–Kier alpha value is -1.89. The van der Waals surface area contributed by atoms with Crippen LogP contribution in [0.2, 0.25) is 0 Å². The standard InChI is InChI=1S/C22H36N4O3/c1-4-23-22(25-10-13-29-12-8-15(2)3)24-9-5-11-26-20(27)18-16-6-7-17(14-16)19(18)21(26)28/h6-7,15-19H,4-5,8-14H2,1-3H3,(H2,23,24,25). The number of imide groups is 1. The van der Waals surface area contributed by atoms with Crippen LogP contribution in [0, 0.1) is 29.6 Å². The van der Waals surface area contributed by atoms with Gasteiger partial charge in [0.1, 0.15) is 0 Å². The molecule has 1 saturated carbocycles. The second kappa shape index (κ2) is 10.2. The van der Waals surface area contributed by atoms with Gasteiger partial charge in [0.2, 0.25) is 11.8 Å². The summed E-state index contributed by atoms with van der Waals surface area (Å²) in [5, 5.41) is 6.48. The van der Waals surface area contributed by atoms with Crippen molar-refractivity contribution in [2.24, 2.45) is 34.6 Å². The average molecular weight is 405 g/mol. The van der Waals surface area contributed by atoms with Crippen molar-refractivity contribution < 1.29 is 14.3 Å². The van der Waals surface area contributed by atoms with Crippen molar-refractivity contribution >= 4 is 17.8 Å². The molecule has 1 saturated heterocycles. The van der Waals surface area contributed by atoms with Crippen LogP contribution in [0.3, 0.4) is 0 Å². The van der Waals surface area contributed by atoms with Crippen LogP contribution in [0.25, 0.3) is 0 Å². The van der Waals surface area contributed by atoms with Gasteiger partial charge in [-0.05, 0) is 43.9 Å². The number of nitrogens with zero attached hydrogens (tertiary/aromatic N) is 2. The van der Waals surface area contributed by atoms with E-state index in [0.29, 0.717) is 38.6 Å². The Kier molecular flexibility index (Phi) is 7.70. The maximum Gasteiger partial charge on any atom is 0.233 e. The molecule has 2 amide bonds. The summed E-state index contributed by atoms with van der Waals surface area (Å²) in [6.45, 7) is 10.3. The van der Waals surface area contributed by atoms with E-state index in [1.54, 1.807) is 0 Å². The first-order chi connectivity index (χ1) is 14.0. The van der Waals surface area contributed by atoms with E-state index in [0.717, 1.165) is 32.0 Å². The summed E-state index contributed by atoms with van der Waals surface area (Å²) < 4.78 is 5.62. The molecule has 0 aromatic rings. The number of hydrogen-bond donors (Lipinski definition) is 2. The van der Waals surface area contributed by atoms with Crippen LogP contribution in [-0.4, -0.2) is 62.1 Å². The smallest absolute Gasteiger partial charge is 0.233 e. The third-order valence-electron chi connectivity index (χ3n) is 6.09. The number of nitrogens with one attached hydrogen (secondary N) is 2. The molecule has 4 atom stereocenters. The minimum Gasteiger partial charge on any atom is -0.380 e. The Morgan fingerprint density at radius 2 is 1.86 bits per heavy atom. The molecule has 7 heteroatoms. The van der Waals surface area contributed by atoms with Crippen molar-refractivity contribution in [1.29, 1.82) is 0 Å². The Morgan fingerprint density at radius 1 is 1.17 bits per heavy atom. The third-order valence-corrected chi connectivity index (χ3v) is 6.09. The molecule has 162 valence electrons. The zero-order valence-electron chi connectivity index (χ0n) is 18.0. The predicted octanol–water partition coefficient (Wildman–Crippen LogP) is 1.80. The average Bonchev–Trinajstić information content (AvgIpc) is 3.36. The van der Waals surface area contributed by atoms with Crippen molar-refractivity contribution in [3.8, 4) is 0 Å². The van der Waals surface area contributed by atoms with Gasteiger partial charge in [0.15, 0.2) is 5.96 Å². The lowest BCUT2D eigenvalue weighted by Gasteiger charge is -2.17. The van der Waals surface area contributed by atoms with Crippen LogP contribution in [0.4, 0.5) is 0 Å². The van der Waals surface area contributed by atoms with Crippen molar-refractivity contribution in [3.05, 3.63) is 12.2 Å². The Balaban J connectivity index is 1.37. The van der Waals surface area contributed by atoms with Gasteiger partial charge < -0.3 is 15.4 Å². The second-order valence-electron chi connectivity index (χ2n) is 8.66. The molecule has 2 bridgehead atoms.